The van der Waals surface area contributed by atoms with Crippen LogP contribution in [0.5, 0.6) is 11.5 Å². The van der Waals surface area contributed by atoms with Crippen molar-refractivity contribution in [2.24, 2.45) is 10.8 Å². The second kappa shape index (κ2) is 11.0. The van der Waals surface area contributed by atoms with Crippen molar-refractivity contribution in [2.75, 3.05) is 6.61 Å². The molecule has 0 radical (unpaired) electrons. The van der Waals surface area contributed by atoms with E-state index in [0.717, 1.165) is 16.7 Å². The summed E-state index contributed by atoms with van der Waals surface area (Å²) in [5.74, 6) is 1.67. The third-order valence-corrected chi connectivity index (χ3v) is 8.03. The Morgan fingerprint density at radius 1 is 0.927 bits per heavy atom. The van der Waals surface area contributed by atoms with Crippen molar-refractivity contribution in [1.82, 2.24) is 0 Å². The van der Waals surface area contributed by atoms with Gasteiger partial charge in [-0.15, -0.1) is 6.58 Å². The Bertz CT molecular complexity index is 1410. The molecule has 1 aliphatic heterocycles. The van der Waals surface area contributed by atoms with E-state index in [1.165, 1.54) is 12.1 Å². The Labute approximate surface area is 242 Å². The first-order valence-corrected chi connectivity index (χ1v) is 14.4. The van der Waals surface area contributed by atoms with Crippen LogP contribution in [0.2, 0.25) is 0 Å². The molecule has 0 fully saturated rings. The summed E-state index contributed by atoms with van der Waals surface area (Å²) >= 11 is 0. The number of halogens is 1. The lowest BCUT2D eigenvalue weighted by molar-refractivity contribution is -0.120. The summed E-state index contributed by atoms with van der Waals surface area (Å²) in [6, 6.07) is 10.1. The minimum atomic E-state index is -0.533. The Kier molecular flexibility index (Phi) is 7.71. The highest BCUT2D eigenvalue weighted by molar-refractivity contribution is 6.06. The molecular weight excluding hydrogens is 519 g/mol. The van der Waals surface area contributed by atoms with Gasteiger partial charge in [-0.2, -0.15) is 0 Å². The summed E-state index contributed by atoms with van der Waals surface area (Å²) in [6.45, 7) is 14.8. The molecule has 41 heavy (non-hydrogen) atoms. The SMILES string of the molecule is C=CCc1cc(C2C3=C(CC(C)(C)CC3=O)OC3=C2C(=O)CC(C)(C)C3)cc(OCC)c1OCc1ccc(F)cc1. The van der Waals surface area contributed by atoms with E-state index in [1.807, 2.05) is 19.1 Å². The zero-order valence-corrected chi connectivity index (χ0v) is 24.7. The van der Waals surface area contributed by atoms with Crippen LogP contribution in [-0.2, 0) is 27.4 Å². The number of carbonyl (C=O) groups is 2. The van der Waals surface area contributed by atoms with Gasteiger partial charge in [0.1, 0.15) is 23.9 Å². The van der Waals surface area contributed by atoms with Gasteiger partial charge in [-0.05, 0) is 53.5 Å². The van der Waals surface area contributed by atoms with E-state index in [4.69, 9.17) is 14.2 Å². The molecule has 5 rings (SSSR count). The molecule has 0 spiro atoms. The van der Waals surface area contributed by atoms with Crippen LogP contribution in [0.3, 0.4) is 0 Å². The van der Waals surface area contributed by atoms with Crippen molar-refractivity contribution in [3.8, 4) is 11.5 Å². The number of rotatable bonds is 8. The van der Waals surface area contributed by atoms with Gasteiger partial charge in [0.05, 0.1) is 6.61 Å². The normalized spacial score (nSPS) is 19.9. The van der Waals surface area contributed by atoms with Crippen LogP contribution in [0.15, 0.2) is 71.7 Å². The van der Waals surface area contributed by atoms with E-state index in [9.17, 15) is 14.0 Å². The maximum absolute atomic E-state index is 13.7. The predicted octanol–water partition coefficient (Wildman–Crippen LogP) is 7.93. The molecule has 0 aromatic heterocycles. The molecule has 0 bridgehead atoms. The minimum absolute atomic E-state index is 0.0188. The molecular formula is C35H39FO5. The van der Waals surface area contributed by atoms with Crippen LogP contribution in [0.1, 0.15) is 82.9 Å². The van der Waals surface area contributed by atoms with Gasteiger partial charge in [0.2, 0.25) is 0 Å². The Morgan fingerprint density at radius 3 is 2.05 bits per heavy atom. The molecule has 6 heteroatoms. The third kappa shape index (κ3) is 5.88. The number of hydrogen-bond acceptors (Lipinski definition) is 5. The van der Waals surface area contributed by atoms with Gasteiger partial charge < -0.3 is 14.2 Å². The van der Waals surface area contributed by atoms with Gasteiger partial charge in [-0.1, -0.05) is 52.0 Å². The Balaban J connectivity index is 1.65. The fourth-order valence-corrected chi connectivity index (χ4v) is 6.33. The maximum Gasteiger partial charge on any atom is 0.165 e. The van der Waals surface area contributed by atoms with E-state index < -0.39 is 5.92 Å². The molecule has 0 amide bonds. The van der Waals surface area contributed by atoms with Crippen molar-refractivity contribution in [1.29, 1.82) is 0 Å². The first-order valence-electron chi connectivity index (χ1n) is 14.4. The second-order valence-electron chi connectivity index (χ2n) is 12.9. The standard InChI is InChI=1S/C35H39FO5/c1-7-9-22-14-23(15-27(39-8-2)33(22)40-20-21-10-12-24(36)13-11-21)30-31-25(37)16-34(3,4)18-28(31)41-29-19-35(5,6)17-26(38)32(29)30/h7,10-15,30H,1,8-9,16-20H2,2-6H3. The molecule has 5 nitrogen and oxygen atoms in total. The van der Waals surface area contributed by atoms with Gasteiger partial charge in [-0.3, -0.25) is 9.59 Å². The van der Waals surface area contributed by atoms with Crippen molar-refractivity contribution in [2.45, 2.75) is 79.2 Å². The zero-order chi connectivity index (χ0) is 29.5. The lowest BCUT2D eigenvalue weighted by Crippen LogP contribution is -2.37. The highest BCUT2D eigenvalue weighted by Crippen LogP contribution is 2.54. The number of carbonyl (C=O) groups excluding carboxylic acids is 2. The number of benzene rings is 2. The molecule has 1 heterocycles. The molecule has 0 N–H and O–H groups in total. The predicted molar refractivity (Wildman–Crippen MR) is 156 cm³/mol. The van der Waals surface area contributed by atoms with Gasteiger partial charge in [-0.25, -0.2) is 4.39 Å². The van der Waals surface area contributed by atoms with E-state index >= 15 is 0 Å². The van der Waals surface area contributed by atoms with Crippen molar-refractivity contribution >= 4 is 11.6 Å². The number of hydrogen-bond donors (Lipinski definition) is 0. The average molecular weight is 559 g/mol. The number of Topliss-reactive ketones (excluding diaryl/α,β-unsaturated/α-hetero) is 2. The van der Waals surface area contributed by atoms with Gasteiger partial charge >= 0.3 is 0 Å². The van der Waals surface area contributed by atoms with Crippen molar-refractivity contribution < 1.29 is 28.2 Å². The van der Waals surface area contributed by atoms with Crippen LogP contribution in [0.25, 0.3) is 0 Å². The summed E-state index contributed by atoms with van der Waals surface area (Å²) in [5.41, 5.74) is 3.19. The molecule has 3 aliphatic rings. The monoisotopic (exact) mass is 558 g/mol. The second-order valence-corrected chi connectivity index (χ2v) is 12.9. The molecule has 216 valence electrons. The summed E-state index contributed by atoms with van der Waals surface area (Å²) in [6.07, 6.45) is 4.34. The molecule has 2 aliphatic carbocycles. The van der Waals surface area contributed by atoms with Crippen LogP contribution in [0, 0.1) is 16.6 Å². The van der Waals surface area contributed by atoms with Gasteiger partial charge in [0.25, 0.3) is 0 Å². The number of ether oxygens (including phenoxy) is 3. The van der Waals surface area contributed by atoms with E-state index in [0.29, 0.717) is 72.9 Å². The van der Waals surface area contributed by atoms with E-state index in [2.05, 4.69) is 34.3 Å². The van der Waals surface area contributed by atoms with Crippen LogP contribution in [-0.4, -0.2) is 18.2 Å². The minimum Gasteiger partial charge on any atom is -0.490 e. The van der Waals surface area contributed by atoms with Crippen molar-refractivity contribution in [3.05, 3.63) is 94.2 Å². The quantitative estimate of drug-likeness (QED) is 0.308. The topological polar surface area (TPSA) is 61.8 Å². The number of ketones is 2. The molecule has 0 unspecified atom stereocenters. The summed E-state index contributed by atoms with van der Waals surface area (Å²) in [5, 5.41) is 0. The fourth-order valence-electron chi connectivity index (χ4n) is 6.33. The fraction of sp³-hybridized carbons (Fsp3) is 0.429. The highest BCUT2D eigenvalue weighted by Gasteiger charge is 2.48. The maximum atomic E-state index is 13.7. The van der Waals surface area contributed by atoms with Crippen LogP contribution < -0.4 is 9.47 Å². The first-order chi connectivity index (χ1) is 19.4. The average Bonchev–Trinajstić information content (AvgIpc) is 2.86. The summed E-state index contributed by atoms with van der Waals surface area (Å²) in [4.78, 5) is 27.5. The molecule has 2 aromatic carbocycles. The Morgan fingerprint density at radius 2 is 1.51 bits per heavy atom. The van der Waals surface area contributed by atoms with E-state index in [-0.39, 0.29) is 34.8 Å². The molecule has 0 saturated carbocycles. The highest BCUT2D eigenvalue weighted by atomic mass is 19.1. The Hall–Kier alpha value is -3.67. The van der Waals surface area contributed by atoms with E-state index in [1.54, 1.807) is 18.2 Å². The first kappa shape index (κ1) is 28.8. The van der Waals surface area contributed by atoms with Crippen LogP contribution >= 0.6 is 0 Å². The zero-order valence-electron chi connectivity index (χ0n) is 24.7. The largest absolute Gasteiger partial charge is 0.490 e. The molecule has 2 aromatic rings. The van der Waals surface area contributed by atoms with Crippen LogP contribution in [0.4, 0.5) is 4.39 Å². The number of allylic oxidation sites excluding steroid dienone is 5. The lowest BCUT2D eigenvalue weighted by Gasteiger charge is -2.42. The smallest absolute Gasteiger partial charge is 0.165 e. The van der Waals surface area contributed by atoms with Gasteiger partial charge in [0.15, 0.2) is 23.1 Å². The molecule has 0 atom stereocenters. The lowest BCUT2D eigenvalue weighted by atomic mass is 9.65. The summed E-state index contributed by atoms with van der Waals surface area (Å²) < 4.78 is 32.3. The third-order valence-electron chi connectivity index (χ3n) is 8.03. The summed E-state index contributed by atoms with van der Waals surface area (Å²) in [7, 11) is 0. The van der Waals surface area contributed by atoms with Gasteiger partial charge in [0, 0.05) is 48.3 Å². The molecule has 0 saturated heterocycles. The van der Waals surface area contributed by atoms with Crippen molar-refractivity contribution in [3.63, 3.8) is 0 Å².